The molecule has 1 rings (SSSR count). The first-order valence-electron chi connectivity index (χ1n) is 7.20. The number of esters is 1. The van der Waals surface area contributed by atoms with E-state index >= 15 is 0 Å². The van der Waals surface area contributed by atoms with Crippen LogP contribution in [0.4, 0.5) is 0 Å². The summed E-state index contributed by atoms with van der Waals surface area (Å²) in [5, 5.41) is 0. The lowest BCUT2D eigenvalue weighted by molar-refractivity contribution is -0.143. The van der Waals surface area contributed by atoms with E-state index in [2.05, 4.69) is 4.72 Å². The summed E-state index contributed by atoms with van der Waals surface area (Å²) < 4.78 is 32.8. The van der Waals surface area contributed by atoms with Crippen LogP contribution in [0.1, 0.15) is 36.1 Å². The van der Waals surface area contributed by atoms with E-state index in [0.29, 0.717) is 11.1 Å². The van der Waals surface area contributed by atoms with Crippen LogP contribution in [0, 0.1) is 33.6 Å². The Labute approximate surface area is 133 Å². The highest BCUT2D eigenvalue weighted by atomic mass is 32.2. The van der Waals surface area contributed by atoms with Gasteiger partial charge in [-0.15, -0.1) is 0 Å². The van der Waals surface area contributed by atoms with Gasteiger partial charge in [0.25, 0.3) is 0 Å². The van der Waals surface area contributed by atoms with Gasteiger partial charge in [0.05, 0.1) is 12.0 Å². The fourth-order valence-corrected chi connectivity index (χ4v) is 4.34. The van der Waals surface area contributed by atoms with Crippen LogP contribution in [0.25, 0.3) is 0 Å². The molecule has 124 valence electrons. The van der Waals surface area contributed by atoms with Gasteiger partial charge in [-0.05, 0) is 55.9 Å². The monoisotopic (exact) mass is 327 g/mol. The summed E-state index contributed by atoms with van der Waals surface area (Å²) in [6.45, 7) is 10.8. The molecular weight excluding hydrogens is 302 g/mol. The number of ether oxygens (including phenoxy) is 1. The Kier molecular flexibility index (Phi) is 5.76. The normalized spacial score (nSPS) is 13.3. The van der Waals surface area contributed by atoms with Gasteiger partial charge in [-0.1, -0.05) is 19.9 Å². The van der Waals surface area contributed by atoms with E-state index in [-0.39, 0.29) is 10.8 Å². The summed E-state index contributed by atoms with van der Waals surface area (Å²) in [6, 6.07) is 1.05. The molecule has 0 bridgehead atoms. The zero-order chi connectivity index (χ0) is 17.2. The Morgan fingerprint density at radius 1 is 1.09 bits per heavy atom. The number of benzene rings is 1. The molecule has 0 spiro atoms. The number of sulfonamides is 1. The molecule has 0 amide bonds. The maximum Gasteiger partial charge on any atom is 0.324 e. The fraction of sp³-hybridized carbons (Fsp3) is 0.562. The Morgan fingerprint density at radius 3 is 1.91 bits per heavy atom. The summed E-state index contributed by atoms with van der Waals surface area (Å²) >= 11 is 0. The van der Waals surface area contributed by atoms with Crippen molar-refractivity contribution in [2.75, 3.05) is 7.11 Å². The number of methoxy groups -OCH3 is 1. The van der Waals surface area contributed by atoms with Gasteiger partial charge in [0.15, 0.2) is 0 Å². The summed E-state index contributed by atoms with van der Waals surface area (Å²) in [4.78, 5) is 12.1. The first-order valence-corrected chi connectivity index (χ1v) is 8.68. The average molecular weight is 327 g/mol. The van der Waals surface area contributed by atoms with E-state index in [1.54, 1.807) is 27.7 Å². The van der Waals surface area contributed by atoms with E-state index in [1.165, 1.54) is 7.11 Å². The third-order valence-corrected chi connectivity index (χ3v) is 5.68. The number of carbonyl (C=O) groups excluding carboxylic acids is 1. The van der Waals surface area contributed by atoms with Crippen LogP contribution in [0.5, 0.6) is 0 Å². The van der Waals surface area contributed by atoms with Crippen molar-refractivity contribution < 1.29 is 17.9 Å². The predicted molar refractivity (Wildman–Crippen MR) is 86.4 cm³/mol. The molecule has 0 aliphatic carbocycles. The van der Waals surface area contributed by atoms with Gasteiger partial charge < -0.3 is 4.74 Å². The van der Waals surface area contributed by atoms with Crippen LogP contribution in [0.3, 0.4) is 0 Å². The van der Waals surface area contributed by atoms with Crippen molar-refractivity contribution in [2.24, 2.45) is 5.92 Å². The highest BCUT2D eigenvalue weighted by molar-refractivity contribution is 7.89. The van der Waals surface area contributed by atoms with Crippen LogP contribution in [0.15, 0.2) is 11.0 Å². The SMILES string of the molecule is COC(=O)C(NS(=O)(=O)c1c(C)c(C)cc(C)c1C)C(C)C. The Balaban J connectivity index is 3.40. The third-order valence-electron chi connectivity index (χ3n) is 3.97. The van der Waals surface area contributed by atoms with E-state index in [9.17, 15) is 13.2 Å². The minimum atomic E-state index is -3.82. The van der Waals surface area contributed by atoms with Crippen LogP contribution in [-0.4, -0.2) is 27.5 Å². The summed E-state index contributed by atoms with van der Waals surface area (Å²) in [5.74, 6) is -0.799. The molecule has 0 heterocycles. The number of hydrogen-bond donors (Lipinski definition) is 1. The molecule has 5 nitrogen and oxygen atoms in total. The van der Waals surface area contributed by atoms with Gasteiger partial charge in [-0.25, -0.2) is 8.42 Å². The zero-order valence-corrected chi connectivity index (χ0v) is 15.1. The second-order valence-corrected chi connectivity index (χ2v) is 7.61. The van der Waals surface area contributed by atoms with Crippen molar-refractivity contribution in [1.82, 2.24) is 4.72 Å². The second kappa shape index (κ2) is 6.79. The molecule has 0 fully saturated rings. The van der Waals surface area contributed by atoms with Gasteiger partial charge in [0.1, 0.15) is 6.04 Å². The first-order chi connectivity index (χ1) is 10.0. The molecule has 1 atom stereocenters. The van der Waals surface area contributed by atoms with Gasteiger partial charge in [-0.2, -0.15) is 4.72 Å². The maximum absolute atomic E-state index is 12.8. The zero-order valence-electron chi connectivity index (χ0n) is 14.3. The lowest BCUT2D eigenvalue weighted by Crippen LogP contribution is -2.45. The minimum Gasteiger partial charge on any atom is -0.468 e. The Morgan fingerprint density at radius 2 is 1.55 bits per heavy atom. The van der Waals surface area contributed by atoms with Crippen molar-refractivity contribution in [3.63, 3.8) is 0 Å². The quantitative estimate of drug-likeness (QED) is 0.843. The van der Waals surface area contributed by atoms with Crippen molar-refractivity contribution in [3.05, 3.63) is 28.3 Å². The predicted octanol–water partition coefficient (Wildman–Crippen LogP) is 2.40. The van der Waals surface area contributed by atoms with Crippen molar-refractivity contribution in [3.8, 4) is 0 Å². The Hall–Kier alpha value is -1.40. The third kappa shape index (κ3) is 3.67. The van der Waals surface area contributed by atoms with Crippen molar-refractivity contribution in [2.45, 2.75) is 52.5 Å². The molecule has 6 heteroatoms. The van der Waals surface area contributed by atoms with Crippen LogP contribution >= 0.6 is 0 Å². The van der Waals surface area contributed by atoms with E-state index in [0.717, 1.165) is 11.1 Å². The Bertz CT molecular complexity index is 652. The molecule has 0 saturated carbocycles. The van der Waals surface area contributed by atoms with Gasteiger partial charge in [0.2, 0.25) is 10.0 Å². The van der Waals surface area contributed by atoms with Crippen LogP contribution < -0.4 is 4.72 Å². The van der Waals surface area contributed by atoms with Crippen LogP contribution in [-0.2, 0) is 19.6 Å². The topological polar surface area (TPSA) is 72.5 Å². The number of carbonyl (C=O) groups is 1. The van der Waals surface area contributed by atoms with Gasteiger partial charge in [-0.3, -0.25) is 4.79 Å². The fourth-order valence-electron chi connectivity index (χ4n) is 2.39. The van der Waals surface area contributed by atoms with Crippen molar-refractivity contribution in [1.29, 1.82) is 0 Å². The molecule has 22 heavy (non-hydrogen) atoms. The molecule has 0 saturated heterocycles. The standard InChI is InChI=1S/C16H25NO4S/c1-9(2)14(16(18)21-7)17-22(19,20)15-12(5)10(3)8-11(4)13(15)6/h8-9,14,17H,1-7H3. The first kappa shape index (κ1) is 18.6. The molecule has 0 aliphatic heterocycles. The number of hydrogen-bond acceptors (Lipinski definition) is 4. The lowest BCUT2D eigenvalue weighted by Gasteiger charge is -2.22. The molecule has 1 unspecified atom stereocenters. The van der Waals surface area contributed by atoms with Gasteiger partial charge >= 0.3 is 5.97 Å². The molecule has 0 aromatic heterocycles. The number of rotatable bonds is 5. The number of aryl methyl sites for hydroxylation is 2. The molecule has 1 aromatic carbocycles. The maximum atomic E-state index is 12.8. The average Bonchev–Trinajstić information content (AvgIpc) is 2.41. The highest BCUT2D eigenvalue weighted by Gasteiger charge is 2.31. The lowest BCUT2D eigenvalue weighted by atomic mass is 10.0. The molecule has 1 N–H and O–H groups in total. The van der Waals surface area contributed by atoms with E-state index in [4.69, 9.17) is 4.74 Å². The van der Waals surface area contributed by atoms with Crippen molar-refractivity contribution >= 4 is 16.0 Å². The summed E-state index contributed by atoms with van der Waals surface area (Å²) in [7, 11) is -2.57. The van der Waals surface area contributed by atoms with Crippen LogP contribution in [0.2, 0.25) is 0 Å². The summed E-state index contributed by atoms with van der Waals surface area (Å²) in [5.41, 5.74) is 3.20. The highest BCUT2D eigenvalue weighted by Crippen LogP contribution is 2.26. The minimum absolute atomic E-state index is 0.214. The largest absolute Gasteiger partial charge is 0.468 e. The molecular formula is C16H25NO4S. The van der Waals surface area contributed by atoms with Gasteiger partial charge in [0, 0.05) is 0 Å². The van der Waals surface area contributed by atoms with E-state index < -0.39 is 22.0 Å². The second-order valence-electron chi connectivity index (χ2n) is 5.96. The molecule has 1 aromatic rings. The van der Waals surface area contributed by atoms with E-state index in [1.807, 2.05) is 19.9 Å². The molecule has 0 radical (unpaired) electrons. The number of nitrogens with one attached hydrogen (secondary N) is 1. The molecule has 0 aliphatic rings. The smallest absolute Gasteiger partial charge is 0.324 e. The summed E-state index contributed by atoms with van der Waals surface area (Å²) in [6.07, 6.45) is 0.